The van der Waals surface area contributed by atoms with Crippen molar-refractivity contribution in [1.82, 2.24) is 10.2 Å². The Hall–Kier alpha value is -2.77. The molecule has 0 atom stereocenters. The van der Waals surface area contributed by atoms with Gasteiger partial charge in [0.2, 0.25) is 11.6 Å². The Kier molecular flexibility index (Phi) is 6.82. The third-order valence-corrected chi connectivity index (χ3v) is 3.66. The first kappa shape index (κ1) is 19.6. The summed E-state index contributed by atoms with van der Waals surface area (Å²) in [5.41, 5.74) is 0.601. The minimum Gasteiger partial charge on any atom is -0.493 e. The molecule has 0 N–H and O–H groups in total. The summed E-state index contributed by atoms with van der Waals surface area (Å²) in [5, 5.41) is 7.89. The van der Waals surface area contributed by atoms with Crippen LogP contribution in [0.1, 0.15) is 32.6 Å². The number of nitrogens with zero attached hydrogens (tertiary/aromatic N) is 2. The second-order valence-corrected chi connectivity index (χ2v) is 6.01. The van der Waals surface area contributed by atoms with Crippen LogP contribution < -0.4 is 14.2 Å². The van der Waals surface area contributed by atoms with Crippen molar-refractivity contribution in [2.75, 3.05) is 21.3 Å². The van der Waals surface area contributed by atoms with E-state index in [4.69, 9.17) is 23.4 Å². The molecule has 8 nitrogen and oxygen atoms in total. The van der Waals surface area contributed by atoms with Gasteiger partial charge in [0.05, 0.1) is 21.3 Å². The molecule has 2 rings (SSSR count). The monoisotopic (exact) mass is 364 g/mol. The summed E-state index contributed by atoms with van der Waals surface area (Å²) in [5.74, 6) is 2.05. The molecule has 0 saturated heterocycles. The molecule has 0 radical (unpaired) electrons. The second-order valence-electron chi connectivity index (χ2n) is 6.01. The third kappa shape index (κ3) is 4.87. The lowest BCUT2D eigenvalue weighted by molar-refractivity contribution is -0.145. The number of aromatic nitrogens is 2. The first-order valence-corrected chi connectivity index (χ1v) is 8.26. The number of benzene rings is 1. The highest BCUT2D eigenvalue weighted by Gasteiger charge is 2.18. The lowest BCUT2D eigenvalue weighted by Gasteiger charge is -2.12. The Balaban J connectivity index is 2.10. The summed E-state index contributed by atoms with van der Waals surface area (Å²) in [6.45, 7) is 4.04. The molecular formula is C18H24N2O6. The third-order valence-electron chi connectivity index (χ3n) is 3.66. The lowest BCUT2D eigenvalue weighted by atomic mass is 10.1. The fourth-order valence-electron chi connectivity index (χ4n) is 2.25. The Morgan fingerprint density at radius 3 is 2.27 bits per heavy atom. The van der Waals surface area contributed by atoms with Crippen molar-refractivity contribution < 1.29 is 28.2 Å². The topological polar surface area (TPSA) is 92.9 Å². The van der Waals surface area contributed by atoms with E-state index in [0.717, 1.165) is 6.42 Å². The number of rotatable bonds is 9. The molecule has 1 aromatic heterocycles. The van der Waals surface area contributed by atoms with E-state index in [-0.39, 0.29) is 24.4 Å². The van der Waals surface area contributed by atoms with E-state index in [0.29, 0.717) is 35.2 Å². The van der Waals surface area contributed by atoms with Crippen LogP contribution >= 0.6 is 0 Å². The van der Waals surface area contributed by atoms with Gasteiger partial charge in [-0.3, -0.25) is 4.79 Å². The molecule has 8 heteroatoms. The van der Waals surface area contributed by atoms with E-state index in [1.165, 1.54) is 21.3 Å². The fourth-order valence-corrected chi connectivity index (χ4v) is 2.25. The molecule has 0 aliphatic rings. The smallest absolute Gasteiger partial charge is 0.306 e. The molecule has 2 aromatic rings. The van der Waals surface area contributed by atoms with Crippen LogP contribution in [0.2, 0.25) is 0 Å². The van der Waals surface area contributed by atoms with Crippen molar-refractivity contribution in [3.8, 4) is 28.7 Å². The Morgan fingerprint density at radius 1 is 1.08 bits per heavy atom. The average molecular weight is 364 g/mol. The quantitative estimate of drug-likeness (QED) is 0.626. The number of methoxy groups -OCH3 is 3. The highest BCUT2D eigenvalue weighted by atomic mass is 16.5. The molecule has 0 bridgehead atoms. The minimum absolute atomic E-state index is 0.0612. The van der Waals surface area contributed by atoms with Crippen molar-refractivity contribution in [3.05, 3.63) is 18.0 Å². The molecule has 0 unspecified atom stereocenters. The van der Waals surface area contributed by atoms with E-state index >= 15 is 0 Å². The van der Waals surface area contributed by atoms with E-state index in [2.05, 4.69) is 24.0 Å². The highest BCUT2D eigenvalue weighted by molar-refractivity contribution is 5.69. The predicted octanol–water partition coefficient (Wildman–Crippen LogP) is 3.24. The van der Waals surface area contributed by atoms with Gasteiger partial charge < -0.3 is 23.4 Å². The maximum absolute atomic E-state index is 11.7. The summed E-state index contributed by atoms with van der Waals surface area (Å²) < 4.78 is 26.6. The van der Waals surface area contributed by atoms with Crippen molar-refractivity contribution in [2.45, 2.75) is 33.3 Å². The van der Waals surface area contributed by atoms with E-state index in [1.54, 1.807) is 12.1 Å². The maximum Gasteiger partial charge on any atom is 0.306 e. The molecule has 0 aliphatic heterocycles. The predicted molar refractivity (Wildman–Crippen MR) is 93.3 cm³/mol. The molecule has 0 aliphatic carbocycles. The van der Waals surface area contributed by atoms with Crippen LogP contribution in [0.3, 0.4) is 0 Å². The number of ether oxygens (including phenoxy) is 4. The Labute approximate surface area is 152 Å². The van der Waals surface area contributed by atoms with Gasteiger partial charge in [-0.2, -0.15) is 0 Å². The molecular weight excluding hydrogens is 340 g/mol. The van der Waals surface area contributed by atoms with Crippen molar-refractivity contribution in [1.29, 1.82) is 0 Å². The largest absolute Gasteiger partial charge is 0.493 e. The van der Waals surface area contributed by atoms with Crippen LogP contribution in [0.15, 0.2) is 16.5 Å². The molecule has 0 spiro atoms. The van der Waals surface area contributed by atoms with Gasteiger partial charge >= 0.3 is 5.97 Å². The summed E-state index contributed by atoms with van der Waals surface area (Å²) in [6, 6.07) is 3.40. The van der Waals surface area contributed by atoms with E-state index in [9.17, 15) is 4.79 Å². The molecule has 142 valence electrons. The summed E-state index contributed by atoms with van der Waals surface area (Å²) >= 11 is 0. The molecule has 1 aromatic carbocycles. The van der Waals surface area contributed by atoms with Gasteiger partial charge in [-0.25, -0.2) is 0 Å². The Morgan fingerprint density at radius 2 is 1.73 bits per heavy atom. The first-order valence-electron chi connectivity index (χ1n) is 8.26. The van der Waals surface area contributed by atoms with E-state index < -0.39 is 0 Å². The van der Waals surface area contributed by atoms with Crippen LogP contribution in [-0.4, -0.2) is 37.5 Å². The molecule has 26 heavy (non-hydrogen) atoms. The van der Waals surface area contributed by atoms with Crippen LogP contribution in [0.4, 0.5) is 0 Å². The van der Waals surface area contributed by atoms with Crippen LogP contribution in [0, 0.1) is 5.92 Å². The number of carbonyl (C=O) groups is 1. The number of esters is 1. The normalized spacial score (nSPS) is 10.7. The minimum atomic E-state index is -0.286. The summed E-state index contributed by atoms with van der Waals surface area (Å²) in [7, 11) is 4.58. The zero-order valence-corrected chi connectivity index (χ0v) is 15.7. The van der Waals surface area contributed by atoms with Gasteiger partial charge in [-0.05, 0) is 24.5 Å². The second kappa shape index (κ2) is 9.07. The summed E-state index contributed by atoms with van der Waals surface area (Å²) in [6.07, 6.45) is 1.14. The van der Waals surface area contributed by atoms with Crippen molar-refractivity contribution in [2.24, 2.45) is 5.92 Å². The SMILES string of the molecule is COc1cc(-c2nnc(COC(=O)CCC(C)C)o2)cc(OC)c1OC. The molecule has 0 saturated carbocycles. The molecule has 0 amide bonds. The van der Waals surface area contributed by atoms with Gasteiger partial charge in [0.25, 0.3) is 5.89 Å². The Bertz CT molecular complexity index is 716. The van der Waals surface area contributed by atoms with Gasteiger partial charge in [0, 0.05) is 12.0 Å². The van der Waals surface area contributed by atoms with Gasteiger partial charge in [-0.1, -0.05) is 13.8 Å². The molecule has 1 heterocycles. The number of carbonyl (C=O) groups excluding carboxylic acids is 1. The number of hydrogen-bond donors (Lipinski definition) is 0. The molecule has 0 fully saturated rings. The number of hydrogen-bond acceptors (Lipinski definition) is 8. The lowest BCUT2D eigenvalue weighted by Crippen LogP contribution is -2.06. The standard InChI is InChI=1S/C18H24N2O6/c1-11(2)6-7-16(21)25-10-15-19-20-18(26-15)12-8-13(22-3)17(24-5)14(9-12)23-4/h8-9,11H,6-7,10H2,1-5H3. The van der Waals surface area contributed by atoms with Crippen molar-refractivity contribution >= 4 is 5.97 Å². The van der Waals surface area contributed by atoms with Gasteiger partial charge in [0.1, 0.15) is 0 Å². The van der Waals surface area contributed by atoms with E-state index in [1.807, 2.05) is 0 Å². The zero-order valence-electron chi connectivity index (χ0n) is 15.7. The first-order chi connectivity index (χ1) is 12.5. The highest BCUT2D eigenvalue weighted by Crippen LogP contribution is 2.40. The van der Waals surface area contributed by atoms with Gasteiger partial charge in [0.15, 0.2) is 18.1 Å². The zero-order chi connectivity index (χ0) is 19.1. The summed E-state index contributed by atoms with van der Waals surface area (Å²) in [4.78, 5) is 11.7. The van der Waals surface area contributed by atoms with Crippen LogP contribution in [0.5, 0.6) is 17.2 Å². The average Bonchev–Trinajstić information content (AvgIpc) is 3.12. The van der Waals surface area contributed by atoms with Crippen molar-refractivity contribution in [3.63, 3.8) is 0 Å². The van der Waals surface area contributed by atoms with Crippen LogP contribution in [0.25, 0.3) is 11.5 Å². The van der Waals surface area contributed by atoms with Crippen LogP contribution in [-0.2, 0) is 16.1 Å². The maximum atomic E-state index is 11.7. The van der Waals surface area contributed by atoms with Gasteiger partial charge in [-0.15, -0.1) is 10.2 Å². The fraction of sp³-hybridized carbons (Fsp3) is 0.500.